The van der Waals surface area contributed by atoms with Gasteiger partial charge in [0.15, 0.2) is 0 Å². The second-order valence-electron chi connectivity index (χ2n) is 8.93. The minimum absolute atomic E-state index is 0.00103. The van der Waals surface area contributed by atoms with Gasteiger partial charge in [0, 0.05) is 32.6 Å². The molecule has 1 aliphatic heterocycles. The highest BCUT2D eigenvalue weighted by Gasteiger charge is 2.25. The summed E-state index contributed by atoms with van der Waals surface area (Å²) in [5.41, 5.74) is 2.36. The molecule has 26 heavy (non-hydrogen) atoms. The molecular formula is C22H34N2O2. The lowest BCUT2D eigenvalue weighted by atomic mass is 9.91. The lowest BCUT2D eigenvalue weighted by Crippen LogP contribution is -2.38. The van der Waals surface area contributed by atoms with E-state index in [1.807, 2.05) is 9.80 Å². The third-order valence-corrected chi connectivity index (χ3v) is 4.88. The number of carbonyl (C=O) groups excluding carboxylic acids is 2. The van der Waals surface area contributed by atoms with E-state index in [2.05, 4.69) is 58.9 Å². The van der Waals surface area contributed by atoms with Crippen LogP contribution >= 0.6 is 0 Å². The van der Waals surface area contributed by atoms with E-state index in [1.54, 1.807) is 0 Å². The lowest BCUT2D eigenvalue weighted by Gasteiger charge is -2.25. The van der Waals surface area contributed by atoms with Crippen LogP contribution in [0.25, 0.3) is 0 Å². The van der Waals surface area contributed by atoms with E-state index in [0.717, 1.165) is 25.1 Å². The molecule has 1 aliphatic rings. The van der Waals surface area contributed by atoms with Gasteiger partial charge in [-0.3, -0.25) is 9.59 Å². The molecule has 0 N–H and O–H groups in total. The Hall–Kier alpha value is -1.84. The topological polar surface area (TPSA) is 40.6 Å². The van der Waals surface area contributed by atoms with Crippen LogP contribution in [0, 0.1) is 5.41 Å². The van der Waals surface area contributed by atoms with E-state index in [-0.39, 0.29) is 17.2 Å². The summed E-state index contributed by atoms with van der Waals surface area (Å²) in [7, 11) is 0. The van der Waals surface area contributed by atoms with Gasteiger partial charge in [-0.1, -0.05) is 58.9 Å². The highest BCUT2D eigenvalue weighted by molar-refractivity contribution is 5.79. The minimum Gasteiger partial charge on any atom is -0.341 e. The number of nitrogens with zero attached hydrogens (tertiary/aromatic N) is 2. The molecule has 1 heterocycles. The van der Waals surface area contributed by atoms with Gasteiger partial charge in [0.2, 0.25) is 11.8 Å². The molecule has 2 rings (SSSR count). The summed E-state index contributed by atoms with van der Waals surface area (Å²) in [6.07, 6.45) is 1.85. The summed E-state index contributed by atoms with van der Waals surface area (Å²) >= 11 is 0. The van der Waals surface area contributed by atoms with Crippen LogP contribution in [0.4, 0.5) is 0 Å². The first-order chi connectivity index (χ1) is 12.2. The highest BCUT2D eigenvalue weighted by Crippen LogP contribution is 2.21. The van der Waals surface area contributed by atoms with E-state index in [1.165, 1.54) is 5.56 Å². The number of benzene rings is 1. The fourth-order valence-electron chi connectivity index (χ4n) is 3.29. The zero-order valence-corrected chi connectivity index (χ0v) is 17.0. The SMILES string of the molecule is CC(C)c1ccc(CC(=O)N2CCCN(C(=O)CC(C)(C)C)CC2)cc1. The summed E-state index contributed by atoms with van der Waals surface area (Å²) in [6, 6.07) is 8.35. The Bertz CT molecular complexity index is 614. The first-order valence-electron chi connectivity index (χ1n) is 9.80. The average molecular weight is 359 g/mol. The molecule has 4 heteroatoms. The molecule has 144 valence electrons. The van der Waals surface area contributed by atoms with E-state index in [4.69, 9.17) is 0 Å². The van der Waals surface area contributed by atoms with Crippen LogP contribution in [-0.4, -0.2) is 47.8 Å². The molecule has 1 aromatic rings. The van der Waals surface area contributed by atoms with Crippen LogP contribution < -0.4 is 0 Å². The maximum Gasteiger partial charge on any atom is 0.227 e. The maximum absolute atomic E-state index is 12.7. The van der Waals surface area contributed by atoms with Crippen molar-refractivity contribution in [3.8, 4) is 0 Å². The third-order valence-electron chi connectivity index (χ3n) is 4.88. The summed E-state index contributed by atoms with van der Waals surface area (Å²) in [5.74, 6) is 0.866. The molecule has 1 fully saturated rings. The molecule has 0 saturated carbocycles. The predicted molar refractivity (Wildman–Crippen MR) is 106 cm³/mol. The Balaban J connectivity index is 1.89. The normalized spacial score (nSPS) is 15.9. The number of hydrogen-bond donors (Lipinski definition) is 0. The van der Waals surface area contributed by atoms with Crippen molar-refractivity contribution in [2.75, 3.05) is 26.2 Å². The maximum atomic E-state index is 12.7. The highest BCUT2D eigenvalue weighted by atomic mass is 16.2. The molecule has 1 saturated heterocycles. The second-order valence-corrected chi connectivity index (χ2v) is 8.93. The molecular weight excluding hydrogens is 324 g/mol. The van der Waals surface area contributed by atoms with Crippen LogP contribution in [0.1, 0.15) is 64.5 Å². The first-order valence-corrected chi connectivity index (χ1v) is 9.80. The standard InChI is InChI=1S/C22H34N2O2/c1-17(2)19-9-7-18(8-10-19)15-20(25)23-11-6-12-24(14-13-23)21(26)16-22(3,4)5/h7-10,17H,6,11-16H2,1-5H3. The van der Waals surface area contributed by atoms with Gasteiger partial charge in [0.25, 0.3) is 0 Å². The Kier molecular flexibility index (Phi) is 6.85. The number of carbonyl (C=O) groups is 2. The fourth-order valence-corrected chi connectivity index (χ4v) is 3.29. The van der Waals surface area contributed by atoms with Gasteiger partial charge in [-0.15, -0.1) is 0 Å². The van der Waals surface area contributed by atoms with Crippen molar-refractivity contribution in [3.05, 3.63) is 35.4 Å². The second kappa shape index (κ2) is 8.70. The molecule has 0 aliphatic carbocycles. The molecule has 0 atom stereocenters. The molecule has 0 spiro atoms. The minimum atomic E-state index is 0.00103. The molecule has 4 nitrogen and oxygen atoms in total. The molecule has 0 unspecified atom stereocenters. The molecule has 1 aromatic carbocycles. The van der Waals surface area contributed by atoms with E-state index < -0.39 is 0 Å². The molecule has 0 aromatic heterocycles. The van der Waals surface area contributed by atoms with Crippen molar-refractivity contribution in [3.63, 3.8) is 0 Å². The quantitative estimate of drug-likeness (QED) is 0.820. The van der Waals surface area contributed by atoms with Gasteiger partial charge in [0.1, 0.15) is 0 Å². The zero-order chi connectivity index (χ0) is 19.3. The van der Waals surface area contributed by atoms with Crippen LogP contribution in [0.3, 0.4) is 0 Å². The van der Waals surface area contributed by atoms with Gasteiger partial charge < -0.3 is 9.80 Å². The van der Waals surface area contributed by atoms with Crippen LogP contribution in [0.2, 0.25) is 0 Å². The van der Waals surface area contributed by atoms with Crippen molar-refractivity contribution in [2.24, 2.45) is 5.41 Å². The Labute approximate surface area is 158 Å². The molecule has 0 radical (unpaired) electrons. The molecule has 0 bridgehead atoms. The number of rotatable bonds is 4. The Morgan fingerprint density at radius 2 is 1.46 bits per heavy atom. The van der Waals surface area contributed by atoms with Gasteiger partial charge in [0.05, 0.1) is 6.42 Å². The third kappa shape index (κ3) is 6.15. The summed E-state index contributed by atoms with van der Waals surface area (Å²) in [6.45, 7) is 13.4. The smallest absolute Gasteiger partial charge is 0.227 e. The fraction of sp³-hybridized carbons (Fsp3) is 0.636. The van der Waals surface area contributed by atoms with Crippen LogP contribution in [-0.2, 0) is 16.0 Å². The van der Waals surface area contributed by atoms with Crippen molar-refractivity contribution < 1.29 is 9.59 Å². The van der Waals surface area contributed by atoms with E-state index in [0.29, 0.717) is 31.8 Å². The van der Waals surface area contributed by atoms with Gasteiger partial charge in [-0.2, -0.15) is 0 Å². The van der Waals surface area contributed by atoms with Gasteiger partial charge >= 0.3 is 0 Å². The summed E-state index contributed by atoms with van der Waals surface area (Å²) in [5, 5.41) is 0. The average Bonchev–Trinajstić information content (AvgIpc) is 2.80. The summed E-state index contributed by atoms with van der Waals surface area (Å²) < 4.78 is 0. The summed E-state index contributed by atoms with van der Waals surface area (Å²) in [4.78, 5) is 29.0. The largest absolute Gasteiger partial charge is 0.341 e. The zero-order valence-electron chi connectivity index (χ0n) is 17.0. The first kappa shape index (κ1) is 20.5. The monoisotopic (exact) mass is 358 g/mol. The Morgan fingerprint density at radius 3 is 1.96 bits per heavy atom. The van der Waals surface area contributed by atoms with Crippen LogP contribution in [0.5, 0.6) is 0 Å². The predicted octanol–water partition coefficient (Wildman–Crippen LogP) is 3.85. The van der Waals surface area contributed by atoms with Crippen molar-refractivity contribution in [1.82, 2.24) is 9.80 Å². The van der Waals surface area contributed by atoms with E-state index >= 15 is 0 Å². The van der Waals surface area contributed by atoms with Crippen molar-refractivity contribution in [2.45, 2.75) is 59.8 Å². The van der Waals surface area contributed by atoms with Gasteiger partial charge in [-0.25, -0.2) is 0 Å². The number of hydrogen-bond acceptors (Lipinski definition) is 2. The molecule has 2 amide bonds. The van der Waals surface area contributed by atoms with Crippen molar-refractivity contribution in [1.29, 1.82) is 0 Å². The van der Waals surface area contributed by atoms with Crippen LogP contribution in [0.15, 0.2) is 24.3 Å². The van der Waals surface area contributed by atoms with E-state index in [9.17, 15) is 9.59 Å². The number of amides is 2. The lowest BCUT2D eigenvalue weighted by molar-refractivity contribution is -0.134. The Morgan fingerprint density at radius 1 is 0.923 bits per heavy atom. The van der Waals surface area contributed by atoms with Crippen molar-refractivity contribution >= 4 is 11.8 Å². The van der Waals surface area contributed by atoms with Gasteiger partial charge in [-0.05, 0) is 28.9 Å².